The van der Waals surface area contributed by atoms with E-state index in [1.165, 1.54) is 31.4 Å². The quantitative estimate of drug-likeness (QED) is 0.829. The third kappa shape index (κ3) is 3.34. The zero-order valence-corrected chi connectivity index (χ0v) is 12.9. The fourth-order valence-electron chi connectivity index (χ4n) is 1.54. The Bertz CT molecular complexity index is 763. The molecule has 2 aromatic rings. The largest absolute Gasteiger partial charge is 0.480 e. The summed E-state index contributed by atoms with van der Waals surface area (Å²) in [6, 6.07) is 5.75. The summed E-state index contributed by atoms with van der Waals surface area (Å²) in [6.45, 7) is 1.62. The summed E-state index contributed by atoms with van der Waals surface area (Å²) in [4.78, 5) is 7.92. The molecule has 0 aliphatic heterocycles. The van der Waals surface area contributed by atoms with E-state index < -0.39 is 10.0 Å². The molecule has 21 heavy (non-hydrogen) atoms. The molecule has 0 aliphatic rings. The molecular formula is C12H13ClN4O3S. The van der Waals surface area contributed by atoms with E-state index in [2.05, 4.69) is 14.7 Å². The number of nitrogens with zero attached hydrogens (tertiary/aromatic N) is 2. The van der Waals surface area contributed by atoms with Gasteiger partial charge in [0.15, 0.2) is 0 Å². The number of sulfonamides is 1. The number of aromatic nitrogens is 2. The van der Waals surface area contributed by atoms with Gasteiger partial charge in [0.1, 0.15) is 5.02 Å². The Labute approximate surface area is 127 Å². The van der Waals surface area contributed by atoms with Crippen molar-refractivity contribution in [2.24, 2.45) is 0 Å². The first-order valence-corrected chi connectivity index (χ1v) is 7.66. The van der Waals surface area contributed by atoms with Crippen molar-refractivity contribution in [2.75, 3.05) is 17.6 Å². The predicted octanol–water partition coefficient (Wildman–Crippen LogP) is 1.83. The van der Waals surface area contributed by atoms with Crippen molar-refractivity contribution in [1.82, 2.24) is 9.97 Å². The Morgan fingerprint density at radius 3 is 2.43 bits per heavy atom. The smallest absolute Gasteiger partial charge is 0.264 e. The van der Waals surface area contributed by atoms with Crippen LogP contribution in [0.1, 0.15) is 5.69 Å². The molecule has 0 amide bonds. The number of nitrogens with one attached hydrogen (secondary N) is 1. The highest BCUT2D eigenvalue weighted by atomic mass is 35.5. The lowest BCUT2D eigenvalue weighted by Gasteiger charge is -2.10. The number of methoxy groups -OCH3 is 1. The number of benzene rings is 1. The molecule has 3 N–H and O–H groups in total. The number of ether oxygens (including phenoxy) is 1. The number of nitrogen functional groups attached to an aromatic ring is 1. The molecule has 9 heteroatoms. The standard InChI is InChI=1S/C12H13ClN4O3S/c1-7-10(13)11(20-2)16-12(15-7)17-21(18,19)9-5-3-8(14)4-6-9/h3-6H,14H2,1-2H3,(H,15,16,17). The zero-order chi connectivity index (χ0) is 15.6. The number of hydrogen-bond donors (Lipinski definition) is 2. The highest BCUT2D eigenvalue weighted by Crippen LogP contribution is 2.26. The van der Waals surface area contributed by atoms with Crippen molar-refractivity contribution in [3.05, 3.63) is 35.0 Å². The van der Waals surface area contributed by atoms with E-state index >= 15 is 0 Å². The summed E-state index contributed by atoms with van der Waals surface area (Å²) in [5.41, 5.74) is 6.39. The van der Waals surface area contributed by atoms with Gasteiger partial charge in [-0.2, -0.15) is 4.98 Å². The fraction of sp³-hybridized carbons (Fsp3) is 0.167. The Morgan fingerprint density at radius 1 is 1.24 bits per heavy atom. The van der Waals surface area contributed by atoms with Crippen molar-refractivity contribution in [1.29, 1.82) is 0 Å². The molecule has 1 heterocycles. The molecule has 112 valence electrons. The first kappa shape index (κ1) is 15.3. The van der Waals surface area contributed by atoms with Crippen LogP contribution in [0.2, 0.25) is 5.02 Å². The first-order valence-electron chi connectivity index (χ1n) is 5.80. The van der Waals surface area contributed by atoms with Gasteiger partial charge in [0, 0.05) is 5.69 Å². The molecule has 0 aliphatic carbocycles. The zero-order valence-electron chi connectivity index (χ0n) is 11.3. The molecule has 0 saturated carbocycles. The average molecular weight is 329 g/mol. The summed E-state index contributed by atoms with van der Waals surface area (Å²) in [5, 5.41) is 0.230. The second-order valence-electron chi connectivity index (χ2n) is 4.13. The van der Waals surface area contributed by atoms with Gasteiger partial charge in [-0.1, -0.05) is 11.6 Å². The van der Waals surface area contributed by atoms with Crippen LogP contribution in [0, 0.1) is 6.92 Å². The summed E-state index contributed by atoms with van der Waals surface area (Å²) >= 11 is 5.93. The lowest BCUT2D eigenvalue weighted by Crippen LogP contribution is -2.16. The van der Waals surface area contributed by atoms with Gasteiger partial charge < -0.3 is 10.5 Å². The second-order valence-corrected chi connectivity index (χ2v) is 6.19. The molecule has 0 spiro atoms. The molecular weight excluding hydrogens is 316 g/mol. The van der Waals surface area contributed by atoms with Crippen LogP contribution in [0.25, 0.3) is 0 Å². The fourth-order valence-corrected chi connectivity index (χ4v) is 2.65. The Morgan fingerprint density at radius 2 is 1.86 bits per heavy atom. The van der Waals surface area contributed by atoms with E-state index in [0.717, 1.165) is 0 Å². The molecule has 1 aromatic heterocycles. The third-order valence-electron chi connectivity index (χ3n) is 2.60. The van der Waals surface area contributed by atoms with Crippen LogP contribution in [-0.4, -0.2) is 25.5 Å². The Balaban J connectivity index is 2.37. The van der Waals surface area contributed by atoms with Gasteiger partial charge in [0.25, 0.3) is 10.0 Å². The van der Waals surface area contributed by atoms with Crippen molar-refractivity contribution in [2.45, 2.75) is 11.8 Å². The minimum atomic E-state index is -3.81. The average Bonchev–Trinajstić information content (AvgIpc) is 2.42. The molecule has 2 rings (SSSR count). The van der Waals surface area contributed by atoms with E-state index in [-0.39, 0.29) is 21.7 Å². The molecule has 0 saturated heterocycles. The van der Waals surface area contributed by atoms with Gasteiger partial charge in [-0.25, -0.2) is 18.1 Å². The lowest BCUT2D eigenvalue weighted by molar-refractivity contribution is 0.397. The minimum Gasteiger partial charge on any atom is -0.480 e. The van der Waals surface area contributed by atoms with E-state index in [4.69, 9.17) is 22.1 Å². The van der Waals surface area contributed by atoms with Gasteiger partial charge in [-0.05, 0) is 31.2 Å². The molecule has 0 radical (unpaired) electrons. The van der Waals surface area contributed by atoms with Crippen LogP contribution in [0.4, 0.5) is 11.6 Å². The van der Waals surface area contributed by atoms with Crippen LogP contribution >= 0.6 is 11.6 Å². The third-order valence-corrected chi connectivity index (χ3v) is 4.38. The van der Waals surface area contributed by atoms with Gasteiger partial charge in [-0.15, -0.1) is 0 Å². The van der Waals surface area contributed by atoms with Crippen molar-refractivity contribution in [3.63, 3.8) is 0 Å². The summed E-state index contributed by atoms with van der Waals surface area (Å²) < 4.78 is 31.6. The van der Waals surface area contributed by atoms with E-state index in [1.807, 2.05) is 0 Å². The van der Waals surface area contributed by atoms with Gasteiger partial charge in [0.05, 0.1) is 17.7 Å². The minimum absolute atomic E-state index is 0.0480. The van der Waals surface area contributed by atoms with Crippen LogP contribution in [-0.2, 0) is 10.0 Å². The number of hydrogen-bond acceptors (Lipinski definition) is 6. The van der Waals surface area contributed by atoms with E-state index in [9.17, 15) is 8.42 Å². The maximum absolute atomic E-state index is 12.2. The maximum Gasteiger partial charge on any atom is 0.264 e. The van der Waals surface area contributed by atoms with Crippen LogP contribution in [0.5, 0.6) is 5.88 Å². The molecule has 0 atom stereocenters. The normalized spacial score (nSPS) is 11.2. The number of anilines is 2. The first-order chi connectivity index (χ1) is 9.83. The van der Waals surface area contributed by atoms with Gasteiger partial charge >= 0.3 is 0 Å². The monoisotopic (exact) mass is 328 g/mol. The highest BCUT2D eigenvalue weighted by Gasteiger charge is 2.18. The number of aryl methyl sites for hydroxylation is 1. The Kier molecular flexibility index (Phi) is 4.19. The molecule has 0 unspecified atom stereocenters. The van der Waals surface area contributed by atoms with Crippen LogP contribution < -0.4 is 15.2 Å². The molecule has 0 bridgehead atoms. The van der Waals surface area contributed by atoms with Gasteiger partial charge in [0.2, 0.25) is 11.8 Å². The molecule has 7 nitrogen and oxygen atoms in total. The number of halogens is 1. The Hall–Kier alpha value is -2.06. The molecule has 1 aromatic carbocycles. The van der Waals surface area contributed by atoms with Crippen LogP contribution in [0.15, 0.2) is 29.2 Å². The van der Waals surface area contributed by atoms with E-state index in [0.29, 0.717) is 11.4 Å². The topological polar surface area (TPSA) is 107 Å². The number of nitrogens with two attached hydrogens (primary N) is 1. The van der Waals surface area contributed by atoms with Gasteiger partial charge in [-0.3, -0.25) is 0 Å². The second kappa shape index (κ2) is 5.74. The summed E-state index contributed by atoms with van der Waals surface area (Å²) in [5.74, 6) is -0.0234. The van der Waals surface area contributed by atoms with Crippen molar-refractivity contribution in [3.8, 4) is 5.88 Å². The van der Waals surface area contributed by atoms with Crippen LogP contribution in [0.3, 0.4) is 0 Å². The highest BCUT2D eigenvalue weighted by molar-refractivity contribution is 7.92. The summed E-state index contributed by atoms with van der Waals surface area (Å²) in [7, 11) is -2.43. The predicted molar refractivity (Wildman–Crippen MR) is 80.0 cm³/mol. The van der Waals surface area contributed by atoms with Crippen molar-refractivity contribution >= 4 is 33.3 Å². The summed E-state index contributed by atoms with van der Waals surface area (Å²) in [6.07, 6.45) is 0. The maximum atomic E-state index is 12.2. The van der Waals surface area contributed by atoms with E-state index in [1.54, 1.807) is 6.92 Å². The molecule has 0 fully saturated rings. The lowest BCUT2D eigenvalue weighted by atomic mass is 10.3. The number of rotatable bonds is 4. The SMILES string of the molecule is COc1nc(NS(=O)(=O)c2ccc(N)cc2)nc(C)c1Cl. The van der Waals surface area contributed by atoms with Crippen molar-refractivity contribution < 1.29 is 13.2 Å².